The third kappa shape index (κ3) is 1.87. The van der Waals surface area contributed by atoms with Gasteiger partial charge in [-0.25, -0.2) is 0 Å². The molecule has 0 unspecified atom stereocenters. The van der Waals surface area contributed by atoms with Crippen LogP contribution < -0.4 is 0 Å². The highest BCUT2D eigenvalue weighted by Gasteiger charge is 2.50. The van der Waals surface area contributed by atoms with Crippen molar-refractivity contribution in [3.8, 4) is 0 Å². The number of hydrogen-bond donors (Lipinski definition) is 0. The lowest BCUT2D eigenvalue weighted by molar-refractivity contribution is -0.143. The summed E-state index contributed by atoms with van der Waals surface area (Å²) in [5.74, 6) is 2.89. The second kappa shape index (κ2) is 3.75. The number of carbonyl (C=O) groups excluding carboxylic acids is 1. The van der Waals surface area contributed by atoms with Gasteiger partial charge in [-0.15, -0.1) is 0 Å². The summed E-state index contributed by atoms with van der Waals surface area (Å²) in [6.07, 6.45) is 9.85. The van der Waals surface area contributed by atoms with Crippen molar-refractivity contribution in [2.24, 2.45) is 23.2 Å². The Morgan fingerprint density at radius 2 is 1.62 bits per heavy atom. The zero-order valence-corrected chi connectivity index (χ0v) is 10.2. The predicted octanol–water partition coefficient (Wildman–Crippen LogP) is 3.16. The van der Waals surface area contributed by atoms with Crippen LogP contribution in [0.15, 0.2) is 0 Å². The summed E-state index contributed by atoms with van der Waals surface area (Å²) in [7, 11) is 0. The largest absolute Gasteiger partial charge is 0.466 e. The summed E-state index contributed by atoms with van der Waals surface area (Å²) in [6, 6.07) is 0. The topological polar surface area (TPSA) is 26.3 Å². The van der Waals surface area contributed by atoms with E-state index in [4.69, 9.17) is 4.74 Å². The first-order valence-electron chi connectivity index (χ1n) is 6.79. The molecule has 4 bridgehead atoms. The molecule has 0 atom stereocenters. The van der Waals surface area contributed by atoms with E-state index in [-0.39, 0.29) is 5.97 Å². The van der Waals surface area contributed by atoms with E-state index in [1.807, 2.05) is 0 Å². The van der Waals surface area contributed by atoms with Gasteiger partial charge >= 0.3 is 5.97 Å². The fourth-order valence-corrected chi connectivity index (χ4v) is 5.01. The van der Waals surface area contributed by atoms with E-state index < -0.39 is 0 Å². The van der Waals surface area contributed by atoms with Crippen molar-refractivity contribution >= 4 is 5.97 Å². The first kappa shape index (κ1) is 10.6. The molecule has 0 aliphatic heterocycles. The average molecular weight is 222 g/mol. The smallest absolute Gasteiger partial charge is 0.302 e. The minimum absolute atomic E-state index is 0.121. The Bertz CT molecular complexity index is 260. The third-order valence-corrected chi connectivity index (χ3v) is 5.10. The van der Waals surface area contributed by atoms with Crippen LogP contribution >= 0.6 is 0 Å². The van der Waals surface area contributed by atoms with Crippen LogP contribution in [0.2, 0.25) is 0 Å². The molecule has 4 aliphatic rings. The van der Waals surface area contributed by atoms with Crippen LogP contribution in [0, 0.1) is 23.2 Å². The van der Waals surface area contributed by atoms with E-state index in [1.54, 1.807) is 0 Å². The van der Waals surface area contributed by atoms with Gasteiger partial charge in [-0.05, 0) is 68.1 Å². The van der Waals surface area contributed by atoms with Gasteiger partial charge in [0.25, 0.3) is 0 Å². The van der Waals surface area contributed by atoms with E-state index in [9.17, 15) is 4.79 Å². The molecule has 0 saturated heterocycles. The highest BCUT2D eigenvalue weighted by molar-refractivity contribution is 5.65. The van der Waals surface area contributed by atoms with Crippen molar-refractivity contribution in [2.45, 2.75) is 51.9 Å². The van der Waals surface area contributed by atoms with Gasteiger partial charge in [-0.3, -0.25) is 4.79 Å². The molecular formula is C14H22O2. The Morgan fingerprint density at radius 3 is 2.06 bits per heavy atom. The van der Waals surface area contributed by atoms with Crippen LogP contribution in [0.3, 0.4) is 0 Å². The summed E-state index contributed by atoms with van der Waals surface area (Å²) >= 11 is 0. The maximum atomic E-state index is 10.8. The van der Waals surface area contributed by atoms with Crippen LogP contribution in [-0.4, -0.2) is 12.6 Å². The monoisotopic (exact) mass is 222 g/mol. The molecule has 4 saturated carbocycles. The zero-order chi connectivity index (χ0) is 11.2. The van der Waals surface area contributed by atoms with E-state index in [0.29, 0.717) is 12.0 Å². The molecule has 4 rings (SSSR count). The molecule has 0 amide bonds. The van der Waals surface area contributed by atoms with Gasteiger partial charge in [0.15, 0.2) is 0 Å². The molecule has 4 aliphatic carbocycles. The lowest BCUT2D eigenvalue weighted by Crippen LogP contribution is -2.46. The van der Waals surface area contributed by atoms with Crippen molar-refractivity contribution in [2.75, 3.05) is 6.61 Å². The third-order valence-electron chi connectivity index (χ3n) is 5.10. The fourth-order valence-electron chi connectivity index (χ4n) is 5.01. The molecule has 0 spiro atoms. The predicted molar refractivity (Wildman–Crippen MR) is 61.9 cm³/mol. The quantitative estimate of drug-likeness (QED) is 0.686. The number of hydrogen-bond acceptors (Lipinski definition) is 2. The molecule has 0 N–H and O–H groups in total. The second-order valence-corrected chi connectivity index (χ2v) is 6.51. The Morgan fingerprint density at radius 1 is 1.12 bits per heavy atom. The summed E-state index contributed by atoms with van der Waals surface area (Å²) in [6.45, 7) is 2.17. The number of rotatable bonds is 3. The first-order chi connectivity index (χ1) is 7.65. The lowest BCUT2D eigenvalue weighted by atomic mass is 9.49. The summed E-state index contributed by atoms with van der Waals surface area (Å²) in [4.78, 5) is 10.8. The van der Waals surface area contributed by atoms with Crippen LogP contribution in [-0.2, 0) is 9.53 Å². The highest BCUT2D eigenvalue weighted by Crippen LogP contribution is 2.61. The van der Waals surface area contributed by atoms with Crippen LogP contribution in [0.1, 0.15) is 51.9 Å². The Hall–Kier alpha value is -0.530. The van der Waals surface area contributed by atoms with E-state index >= 15 is 0 Å². The van der Waals surface area contributed by atoms with Crippen molar-refractivity contribution in [3.05, 3.63) is 0 Å². The van der Waals surface area contributed by atoms with Gasteiger partial charge in [0.2, 0.25) is 0 Å². The highest BCUT2D eigenvalue weighted by atomic mass is 16.5. The van der Waals surface area contributed by atoms with Gasteiger partial charge in [-0.2, -0.15) is 0 Å². The first-order valence-corrected chi connectivity index (χ1v) is 6.79. The van der Waals surface area contributed by atoms with Gasteiger partial charge in [-0.1, -0.05) is 0 Å². The van der Waals surface area contributed by atoms with E-state index in [0.717, 1.165) is 24.2 Å². The molecule has 0 aromatic carbocycles. The SMILES string of the molecule is CC(=O)OCCC12CC3CC(CC(C3)C1)C2. The van der Waals surface area contributed by atoms with Crippen molar-refractivity contribution < 1.29 is 9.53 Å². The molecule has 4 fully saturated rings. The van der Waals surface area contributed by atoms with Gasteiger partial charge in [0.1, 0.15) is 0 Å². The fraction of sp³-hybridized carbons (Fsp3) is 0.929. The zero-order valence-electron chi connectivity index (χ0n) is 10.2. The molecular weight excluding hydrogens is 200 g/mol. The van der Waals surface area contributed by atoms with Gasteiger partial charge < -0.3 is 4.74 Å². The standard InChI is InChI=1S/C14H22O2/c1-10(15)16-3-2-14-7-11-4-12(8-14)6-13(5-11)9-14/h11-13H,2-9H2,1H3. The summed E-state index contributed by atoms with van der Waals surface area (Å²) in [5.41, 5.74) is 0.560. The Labute approximate surface area is 97.7 Å². The van der Waals surface area contributed by atoms with Crippen LogP contribution in [0.25, 0.3) is 0 Å². The summed E-state index contributed by atoms with van der Waals surface area (Å²) in [5, 5.41) is 0. The number of ether oxygens (including phenoxy) is 1. The molecule has 2 nitrogen and oxygen atoms in total. The summed E-state index contributed by atoms with van der Waals surface area (Å²) < 4.78 is 5.14. The normalized spacial score (nSPS) is 44.7. The lowest BCUT2D eigenvalue weighted by Gasteiger charge is -2.57. The maximum Gasteiger partial charge on any atom is 0.302 e. The second-order valence-electron chi connectivity index (χ2n) is 6.51. The molecule has 0 aromatic rings. The van der Waals surface area contributed by atoms with Gasteiger partial charge in [0.05, 0.1) is 6.61 Å². The molecule has 0 radical (unpaired) electrons. The molecule has 16 heavy (non-hydrogen) atoms. The van der Waals surface area contributed by atoms with Crippen molar-refractivity contribution in [1.29, 1.82) is 0 Å². The van der Waals surface area contributed by atoms with Crippen LogP contribution in [0.4, 0.5) is 0 Å². The van der Waals surface area contributed by atoms with Crippen molar-refractivity contribution in [3.63, 3.8) is 0 Å². The molecule has 90 valence electrons. The Kier molecular flexibility index (Phi) is 2.49. The van der Waals surface area contributed by atoms with E-state index in [2.05, 4.69) is 0 Å². The average Bonchev–Trinajstić information content (AvgIpc) is 2.13. The van der Waals surface area contributed by atoms with Gasteiger partial charge in [0, 0.05) is 6.92 Å². The minimum atomic E-state index is -0.121. The van der Waals surface area contributed by atoms with Crippen LogP contribution in [0.5, 0.6) is 0 Å². The molecule has 0 aromatic heterocycles. The maximum absolute atomic E-state index is 10.8. The Balaban J connectivity index is 1.62. The van der Waals surface area contributed by atoms with E-state index in [1.165, 1.54) is 45.4 Å². The molecule has 2 heteroatoms. The number of carbonyl (C=O) groups is 1. The molecule has 0 heterocycles. The minimum Gasteiger partial charge on any atom is -0.466 e. The number of esters is 1. The van der Waals surface area contributed by atoms with Crippen molar-refractivity contribution in [1.82, 2.24) is 0 Å².